The molecule has 8 heteroatoms. The van der Waals surface area contributed by atoms with E-state index >= 15 is 0 Å². The zero-order valence-corrected chi connectivity index (χ0v) is 18.4. The second kappa shape index (κ2) is 10.8. The van der Waals surface area contributed by atoms with E-state index in [9.17, 15) is 9.59 Å². The van der Waals surface area contributed by atoms with Gasteiger partial charge in [0.1, 0.15) is 0 Å². The average Bonchev–Trinajstić information content (AvgIpc) is 3.18. The number of anilines is 1. The summed E-state index contributed by atoms with van der Waals surface area (Å²) in [5, 5.41) is 9.36. The van der Waals surface area contributed by atoms with Crippen LogP contribution in [0.1, 0.15) is 41.6 Å². The Labute approximate surface area is 189 Å². The molecule has 0 spiro atoms. The maximum atomic E-state index is 12.9. The molecule has 2 fully saturated rings. The fourth-order valence-corrected chi connectivity index (χ4v) is 4.46. The van der Waals surface area contributed by atoms with Crippen molar-refractivity contribution in [3.05, 3.63) is 59.9 Å². The molecule has 2 amide bonds. The minimum atomic E-state index is -0.234. The van der Waals surface area contributed by atoms with E-state index in [1.165, 1.54) is 6.42 Å². The fourth-order valence-electron chi connectivity index (χ4n) is 4.46. The van der Waals surface area contributed by atoms with Crippen LogP contribution in [0.15, 0.2) is 48.8 Å². The Kier molecular flexibility index (Phi) is 8.65. The first kappa shape index (κ1) is 24.1. The fraction of sp³-hybridized carbons (Fsp3) is 0.409. The van der Waals surface area contributed by atoms with Crippen LogP contribution in [0.3, 0.4) is 0 Å². The number of halogens is 2. The third-order valence-corrected chi connectivity index (χ3v) is 6.08. The Morgan fingerprint density at radius 2 is 1.93 bits per heavy atom. The average molecular weight is 451 g/mol. The van der Waals surface area contributed by atoms with Gasteiger partial charge in [-0.1, -0.05) is 25.0 Å². The molecule has 3 N–H and O–H groups in total. The molecule has 0 bridgehead atoms. The summed E-state index contributed by atoms with van der Waals surface area (Å²) in [7, 11) is 0. The molecule has 1 aromatic carbocycles. The van der Waals surface area contributed by atoms with Crippen LogP contribution in [-0.4, -0.2) is 29.9 Å². The molecule has 1 aliphatic heterocycles. The molecule has 1 saturated carbocycles. The summed E-state index contributed by atoms with van der Waals surface area (Å²) >= 11 is 0. The standard InChI is InChI=1S/C22H26N4O2.2ClH/c27-20(26-19-5-3-11-23-14-19)17-8-6-16(7-9-17)12-25-21(28)22-10-2-1-4-18(22)13-24-15-22;;/h3,5-9,11,14,18,24H,1-2,4,10,12-13,15H2,(H,25,28)(H,26,27);2*1H/t18-,22+;;/m0../s1. The predicted octanol–water partition coefficient (Wildman–Crippen LogP) is 3.57. The van der Waals surface area contributed by atoms with Crippen molar-refractivity contribution in [1.29, 1.82) is 0 Å². The van der Waals surface area contributed by atoms with Gasteiger partial charge in [-0.3, -0.25) is 14.6 Å². The number of carbonyl (C=O) groups excluding carboxylic acids is 2. The minimum absolute atomic E-state index is 0. The monoisotopic (exact) mass is 450 g/mol. The normalized spacial score (nSPS) is 22.1. The Morgan fingerprint density at radius 3 is 2.67 bits per heavy atom. The molecule has 2 heterocycles. The SMILES string of the molecule is Cl.Cl.O=C(Nc1cccnc1)c1ccc(CNC(=O)[C@@]23CCCC[C@H]2CNC3)cc1. The molecule has 1 aromatic heterocycles. The van der Waals surface area contributed by atoms with E-state index in [4.69, 9.17) is 0 Å². The number of amides is 2. The molecule has 30 heavy (non-hydrogen) atoms. The van der Waals surface area contributed by atoms with Crippen molar-refractivity contribution in [2.45, 2.75) is 32.2 Å². The number of hydrogen-bond donors (Lipinski definition) is 3. The van der Waals surface area contributed by atoms with E-state index in [-0.39, 0.29) is 42.0 Å². The molecule has 0 radical (unpaired) electrons. The van der Waals surface area contributed by atoms with Crippen molar-refractivity contribution >= 4 is 42.3 Å². The number of hydrogen-bond acceptors (Lipinski definition) is 4. The minimum Gasteiger partial charge on any atom is -0.351 e. The highest BCUT2D eigenvalue weighted by Crippen LogP contribution is 2.43. The Morgan fingerprint density at radius 1 is 1.13 bits per heavy atom. The predicted molar refractivity (Wildman–Crippen MR) is 122 cm³/mol. The molecule has 162 valence electrons. The summed E-state index contributed by atoms with van der Waals surface area (Å²) in [5.41, 5.74) is 1.99. The summed E-state index contributed by atoms with van der Waals surface area (Å²) in [6, 6.07) is 10.9. The lowest BCUT2D eigenvalue weighted by Gasteiger charge is -2.37. The lowest BCUT2D eigenvalue weighted by Crippen LogP contribution is -2.47. The van der Waals surface area contributed by atoms with Gasteiger partial charge < -0.3 is 16.0 Å². The van der Waals surface area contributed by atoms with Crippen molar-refractivity contribution in [1.82, 2.24) is 15.6 Å². The molecular weight excluding hydrogens is 423 g/mol. The topological polar surface area (TPSA) is 83.1 Å². The number of fused-ring (bicyclic) bond motifs is 1. The van der Waals surface area contributed by atoms with Crippen LogP contribution in [0.5, 0.6) is 0 Å². The highest BCUT2D eigenvalue weighted by atomic mass is 35.5. The lowest BCUT2D eigenvalue weighted by molar-refractivity contribution is -0.134. The largest absolute Gasteiger partial charge is 0.351 e. The van der Waals surface area contributed by atoms with Crippen LogP contribution in [-0.2, 0) is 11.3 Å². The Balaban J connectivity index is 0.00000160. The van der Waals surface area contributed by atoms with Crippen LogP contribution in [0.25, 0.3) is 0 Å². The van der Waals surface area contributed by atoms with Crippen LogP contribution in [0, 0.1) is 11.3 Å². The molecule has 4 rings (SSSR count). The summed E-state index contributed by atoms with van der Waals surface area (Å²) in [6.45, 7) is 2.23. The summed E-state index contributed by atoms with van der Waals surface area (Å²) in [4.78, 5) is 29.2. The third-order valence-electron chi connectivity index (χ3n) is 6.08. The molecule has 1 saturated heterocycles. The second-order valence-corrected chi connectivity index (χ2v) is 7.81. The van der Waals surface area contributed by atoms with Gasteiger partial charge in [0.25, 0.3) is 5.91 Å². The van der Waals surface area contributed by atoms with Gasteiger partial charge in [-0.2, -0.15) is 0 Å². The van der Waals surface area contributed by atoms with E-state index in [1.807, 2.05) is 12.1 Å². The van der Waals surface area contributed by atoms with Gasteiger partial charge in [0, 0.05) is 24.8 Å². The number of aromatic nitrogens is 1. The van der Waals surface area contributed by atoms with Crippen LogP contribution in [0.2, 0.25) is 0 Å². The lowest BCUT2D eigenvalue weighted by atomic mass is 9.67. The van der Waals surface area contributed by atoms with Crippen molar-refractivity contribution in [3.63, 3.8) is 0 Å². The first-order valence-corrected chi connectivity index (χ1v) is 9.97. The number of pyridine rings is 1. The molecular formula is C22H28Cl2N4O2. The molecule has 2 aromatic rings. The van der Waals surface area contributed by atoms with Crippen molar-refractivity contribution in [3.8, 4) is 0 Å². The number of rotatable bonds is 5. The van der Waals surface area contributed by atoms with Gasteiger partial charge in [0.2, 0.25) is 5.91 Å². The molecule has 6 nitrogen and oxygen atoms in total. The van der Waals surface area contributed by atoms with Gasteiger partial charge in [-0.15, -0.1) is 24.8 Å². The molecule has 1 aliphatic carbocycles. The molecule has 0 unspecified atom stereocenters. The van der Waals surface area contributed by atoms with Gasteiger partial charge in [-0.25, -0.2) is 0 Å². The van der Waals surface area contributed by atoms with E-state index in [0.29, 0.717) is 23.7 Å². The van der Waals surface area contributed by atoms with Gasteiger partial charge in [0.15, 0.2) is 0 Å². The first-order valence-electron chi connectivity index (χ1n) is 9.97. The van der Waals surface area contributed by atoms with E-state index < -0.39 is 0 Å². The number of carbonyl (C=O) groups is 2. The number of benzene rings is 1. The van der Waals surface area contributed by atoms with Crippen LogP contribution in [0.4, 0.5) is 5.69 Å². The number of nitrogens with zero attached hydrogens (tertiary/aromatic N) is 1. The summed E-state index contributed by atoms with van der Waals surface area (Å²) < 4.78 is 0. The highest BCUT2D eigenvalue weighted by molar-refractivity contribution is 6.04. The second-order valence-electron chi connectivity index (χ2n) is 7.81. The maximum Gasteiger partial charge on any atom is 0.255 e. The highest BCUT2D eigenvalue weighted by Gasteiger charge is 2.49. The van der Waals surface area contributed by atoms with E-state index in [1.54, 1.807) is 36.7 Å². The summed E-state index contributed by atoms with van der Waals surface area (Å²) in [5.74, 6) is 0.449. The zero-order valence-electron chi connectivity index (χ0n) is 16.7. The van der Waals surface area contributed by atoms with Crippen molar-refractivity contribution < 1.29 is 9.59 Å². The Hall–Kier alpha value is -2.15. The van der Waals surface area contributed by atoms with Crippen molar-refractivity contribution in [2.75, 3.05) is 18.4 Å². The third kappa shape index (κ3) is 5.12. The van der Waals surface area contributed by atoms with E-state index in [0.717, 1.165) is 37.9 Å². The van der Waals surface area contributed by atoms with Gasteiger partial charge >= 0.3 is 0 Å². The van der Waals surface area contributed by atoms with Crippen molar-refractivity contribution in [2.24, 2.45) is 11.3 Å². The van der Waals surface area contributed by atoms with Crippen LogP contribution < -0.4 is 16.0 Å². The molecule has 2 atom stereocenters. The Bertz CT molecular complexity index is 848. The van der Waals surface area contributed by atoms with Gasteiger partial charge in [0.05, 0.1) is 17.3 Å². The van der Waals surface area contributed by atoms with E-state index in [2.05, 4.69) is 20.9 Å². The first-order chi connectivity index (χ1) is 13.7. The quantitative estimate of drug-likeness (QED) is 0.649. The summed E-state index contributed by atoms with van der Waals surface area (Å²) in [6.07, 6.45) is 7.74. The zero-order chi connectivity index (χ0) is 19.4. The maximum absolute atomic E-state index is 12.9. The molecule has 2 aliphatic rings. The van der Waals surface area contributed by atoms with Crippen LogP contribution >= 0.6 is 24.8 Å². The number of nitrogens with one attached hydrogen (secondary N) is 3. The smallest absolute Gasteiger partial charge is 0.255 e. The van der Waals surface area contributed by atoms with Gasteiger partial charge in [-0.05, 0) is 55.1 Å².